The molecule has 2 N–H and O–H groups in total. The summed E-state index contributed by atoms with van der Waals surface area (Å²) < 4.78 is 0. The van der Waals surface area contributed by atoms with Crippen LogP contribution in [0.5, 0.6) is 0 Å². The molecule has 1 aliphatic rings. The molecule has 0 bridgehead atoms. The minimum Gasteiger partial charge on any atom is -0.349 e. The Labute approximate surface area is 121 Å². The van der Waals surface area contributed by atoms with Gasteiger partial charge >= 0.3 is 0 Å². The molecule has 4 heteroatoms. The molecule has 0 radical (unpaired) electrons. The van der Waals surface area contributed by atoms with Crippen molar-refractivity contribution in [1.82, 2.24) is 15.5 Å². The fourth-order valence-electron chi connectivity index (χ4n) is 3.49. The van der Waals surface area contributed by atoms with Crippen LogP contribution in [0.25, 0.3) is 0 Å². The van der Waals surface area contributed by atoms with Gasteiger partial charge in [-0.1, -0.05) is 27.2 Å². The Hall–Kier alpha value is -1.32. The average Bonchev–Trinajstić information content (AvgIpc) is 2.68. The van der Waals surface area contributed by atoms with Crippen molar-refractivity contribution in [1.29, 1.82) is 0 Å². The van der Waals surface area contributed by atoms with Crippen LogP contribution in [0.3, 0.4) is 0 Å². The highest BCUT2D eigenvalue weighted by Gasteiger charge is 2.32. The highest BCUT2D eigenvalue weighted by atomic mass is 16.1. The predicted molar refractivity (Wildman–Crippen MR) is 80.7 cm³/mol. The van der Waals surface area contributed by atoms with Crippen molar-refractivity contribution in [3.05, 3.63) is 17.0 Å². The van der Waals surface area contributed by atoms with Crippen molar-refractivity contribution >= 4 is 5.91 Å². The third-order valence-electron chi connectivity index (χ3n) is 4.69. The first-order valence-corrected chi connectivity index (χ1v) is 7.72. The summed E-state index contributed by atoms with van der Waals surface area (Å²) >= 11 is 0. The highest BCUT2D eigenvalue weighted by molar-refractivity contribution is 5.96. The van der Waals surface area contributed by atoms with Crippen LogP contribution in [-0.2, 0) is 0 Å². The van der Waals surface area contributed by atoms with Crippen LogP contribution in [0.15, 0.2) is 0 Å². The van der Waals surface area contributed by atoms with Crippen LogP contribution in [0.4, 0.5) is 0 Å². The molecule has 1 heterocycles. The number of nitrogens with zero attached hydrogens (tertiary/aromatic N) is 1. The Morgan fingerprint density at radius 2 is 2.05 bits per heavy atom. The molecule has 1 aromatic rings. The number of aryl methyl sites for hydroxylation is 2. The first-order valence-electron chi connectivity index (χ1n) is 7.72. The molecular weight excluding hydrogens is 250 g/mol. The molecule has 4 nitrogen and oxygen atoms in total. The molecule has 0 aliphatic heterocycles. The number of hydrogen-bond donors (Lipinski definition) is 2. The number of hydrogen-bond acceptors (Lipinski definition) is 2. The van der Waals surface area contributed by atoms with Gasteiger partial charge in [-0.2, -0.15) is 5.10 Å². The molecule has 1 aromatic heterocycles. The average molecular weight is 277 g/mol. The molecule has 1 fully saturated rings. The second-order valence-electron chi connectivity index (χ2n) is 6.72. The molecule has 3 unspecified atom stereocenters. The predicted octanol–water partition coefficient (Wildman–Crippen LogP) is 3.22. The van der Waals surface area contributed by atoms with E-state index in [0.717, 1.165) is 17.8 Å². The van der Waals surface area contributed by atoms with Crippen LogP contribution in [0.2, 0.25) is 0 Å². The smallest absolute Gasteiger partial charge is 0.255 e. The van der Waals surface area contributed by atoms with Gasteiger partial charge in [-0.25, -0.2) is 0 Å². The van der Waals surface area contributed by atoms with E-state index < -0.39 is 0 Å². The maximum absolute atomic E-state index is 12.5. The van der Waals surface area contributed by atoms with Crippen molar-refractivity contribution in [2.45, 2.75) is 59.9 Å². The highest BCUT2D eigenvalue weighted by Crippen LogP contribution is 2.33. The molecule has 0 saturated heterocycles. The molecule has 20 heavy (non-hydrogen) atoms. The van der Waals surface area contributed by atoms with E-state index in [9.17, 15) is 4.79 Å². The Balaban J connectivity index is 2.12. The Bertz CT molecular complexity index is 459. The lowest BCUT2D eigenvalue weighted by Gasteiger charge is -2.37. The minimum atomic E-state index is 0.0264. The number of H-pyrrole nitrogens is 1. The van der Waals surface area contributed by atoms with Crippen LogP contribution in [0, 0.1) is 31.6 Å². The lowest BCUT2D eigenvalue weighted by atomic mass is 9.74. The van der Waals surface area contributed by atoms with Gasteiger partial charge in [0, 0.05) is 11.7 Å². The van der Waals surface area contributed by atoms with Crippen LogP contribution in [-0.4, -0.2) is 22.1 Å². The largest absolute Gasteiger partial charge is 0.349 e. The molecule has 2 rings (SSSR count). The first-order chi connectivity index (χ1) is 9.40. The quantitative estimate of drug-likeness (QED) is 0.891. The minimum absolute atomic E-state index is 0.0264. The van der Waals surface area contributed by atoms with Gasteiger partial charge in [0.05, 0.1) is 11.3 Å². The fourth-order valence-corrected chi connectivity index (χ4v) is 3.49. The Morgan fingerprint density at radius 3 is 2.60 bits per heavy atom. The molecule has 1 aliphatic carbocycles. The van der Waals surface area contributed by atoms with Crippen LogP contribution in [0.1, 0.15) is 61.8 Å². The van der Waals surface area contributed by atoms with E-state index in [-0.39, 0.29) is 5.91 Å². The second-order valence-corrected chi connectivity index (χ2v) is 6.72. The maximum atomic E-state index is 12.5. The number of carbonyl (C=O) groups excluding carboxylic acids is 1. The van der Waals surface area contributed by atoms with Crippen molar-refractivity contribution in [2.24, 2.45) is 17.8 Å². The molecule has 3 atom stereocenters. The normalized spacial score (nSPS) is 26.8. The van der Waals surface area contributed by atoms with Gasteiger partial charge in [-0.3, -0.25) is 9.89 Å². The summed E-state index contributed by atoms with van der Waals surface area (Å²) in [6.07, 6.45) is 3.58. The van der Waals surface area contributed by atoms with Gasteiger partial charge in [0.1, 0.15) is 0 Å². The monoisotopic (exact) mass is 277 g/mol. The number of carbonyl (C=O) groups is 1. The lowest BCUT2D eigenvalue weighted by molar-refractivity contribution is 0.0866. The summed E-state index contributed by atoms with van der Waals surface area (Å²) in [6.45, 7) is 10.6. The second kappa shape index (κ2) is 5.98. The topological polar surface area (TPSA) is 57.8 Å². The summed E-state index contributed by atoms with van der Waals surface area (Å²) in [4.78, 5) is 12.5. The Morgan fingerprint density at radius 1 is 1.35 bits per heavy atom. The van der Waals surface area contributed by atoms with Crippen molar-refractivity contribution in [3.63, 3.8) is 0 Å². The summed E-state index contributed by atoms with van der Waals surface area (Å²) in [6, 6.07) is 0.292. The summed E-state index contributed by atoms with van der Waals surface area (Å²) in [7, 11) is 0. The summed E-state index contributed by atoms with van der Waals surface area (Å²) in [5.41, 5.74) is 2.35. The third kappa shape index (κ3) is 3.05. The Kier molecular flexibility index (Phi) is 4.51. The van der Waals surface area contributed by atoms with Crippen molar-refractivity contribution in [2.75, 3.05) is 0 Å². The molecule has 0 aromatic carbocycles. The maximum Gasteiger partial charge on any atom is 0.255 e. The standard InChI is InChI=1S/C16H27N3O/c1-9(2)13-7-6-10(3)8-14(13)17-16(20)15-11(4)18-19-12(15)5/h9-10,13-14H,6-8H2,1-5H3,(H,17,20)(H,18,19). The number of nitrogens with one attached hydrogen (secondary N) is 2. The van der Waals surface area contributed by atoms with E-state index in [1.165, 1.54) is 12.8 Å². The molecule has 0 spiro atoms. The van der Waals surface area contributed by atoms with Gasteiger partial charge in [-0.15, -0.1) is 0 Å². The van der Waals surface area contributed by atoms with Gasteiger partial charge in [0.25, 0.3) is 5.91 Å². The van der Waals surface area contributed by atoms with E-state index in [4.69, 9.17) is 0 Å². The van der Waals surface area contributed by atoms with E-state index in [1.54, 1.807) is 0 Å². The summed E-state index contributed by atoms with van der Waals surface area (Å²) in [5.74, 6) is 1.92. The fraction of sp³-hybridized carbons (Fsp3) is 0.750. The van der Waals surface area contributed by atoms with E-state index in [2.05, 4.69) is 36.3 Å². The third-order valence-corrected chi connectivity index (χ3v) is 4.69. The number of amides is 1. The van der Waals surface area contributed by atoms with E-state index in [0.29, 0.717) is 29.4 Å². The van der Waals surface area contributed by atoms with Crippen molar-refractivity contribution < 1.29 is 4.79 Å². The van der Waals surface area contributed by atoms with E-state index >= 15 is 0 Å². The first kappa shape index (κ1) is 15.1. The SMILES string of the molecule is Cc1n[nH]c(C)c1C(=O)NC1CC(C)CCC1C(C)C. The van der Waals surface area contributed by atoms with Crippen LogP contribution < -0.4 is 5.32 Å². The zero-order valence-electron chi connectivity index (χ0n) is 13.3. The van der Waals surface area contributed by atoms with E-state index in [1.807, 2.05) is 13.8 Å². The molecule has 1 amide bonds. The molecular formula is C16H27N3O. The van der Waals surface area contributed by atoms with Gasteiger partial charge in [0.15, 0.2) is 0 Å². The zero-order valence-corrected chi connectivity index (χ0v) is 13.3. The van der Waals surface area contributed by atoms with Gasteiger partial charge in [-0.05, 0) is 44.4 Å². The van der Waals surface area contributed by atoms with Crippen LogP contribution >= 0.6 is 0 Å². The van der Waals surface area contributed by atoms with Crippen molar-refractivity contribution in [3.8, 4) is 0 Å². The number of aromatic nitrogens is 2. The molecule has 1 saturated carbocycles. The summed E-state index contributed by atoms with van der Waals surface area (Å²) in [5, 5.41) is 10.3. The van der Waals surface area contributed by atoms with Gasteiger partial charge < -0.3 is 5.32 Å². The number of aromatic amines is 1. The number of rotatable bonds is 3. The molecule has 112 valence electrons. The zero-order chi connectivity index (χ0) is 14.9. The van der Waals surface area contributed by atoms with Gasteiger partial charge in [0.2, 0.25) is 0 Å². The lowest BCUT2D eigenvalue weighted by Crippen LogP contribution is -2.45.